The van der Waals surface area contributed by atoms with E-state index in [0.717, 1.165) is 47.3 Å². The van der Waals surface area contributed by atoms with Crippen LogP contribution in [0.15, 0.2) is 27.7 Å². The smallest absolute Gasteiger partial charge is 0.191 e. The van der Waals surface area contributed by atoms with Gasteiger partial charge in [-0.05, 0) is 45.7 Å². The van der Waals surface area contributed by atoms with Gasteiger partial charge in [-0.2, -0.15) is 0 Å². The predicted octanol–water partition coefficient (Wildman–Crippen LogP) is 3.52. The summed E-state index contributed by atoms with van der Waals surface area (Å²) >= 11 is 0. The lowest BCUT2D eigenvalue weighted by atomic mass is 10.1. The van der Waals surface area contributed by atoms with Crippen molar-refractivity contribution in [3.63, 3.8) is 0 Å². The minimum atomic E-state index is 0. The van der Waals surface area contributed by atoms with Crippen molar-refractivity contribution < 1.29 is 9.26 Å². The first kappa shape index (κ1) is 22.3. The molecule has 0 aliphatic heterocycles. The van der Waals surface area contributed by atoms with E-state index in [-0.39, 0.29) is 24.0 Å². The summed E-state index contributed by atoms with van der Waals surface area (Å²) in [6, 6.07) is 6.24. The van der Waals surface area contributed by atoms with Gasteiger partial charge in [0.2, 0.25) is 0 Å². The molecule has 2 aromatic rings. The van der Waals surface area contributed by atoms with E-state index in [2.05, 4.69) is 45.9 Å². The molecule has 2 rings (SSSR count). The lowest BCUT2D eigenvalue weighted by molar-refractivity contribution is 0.336. The Balaban J connectivity index is 0.00000338. The summed E-state index contributed by atoms with van der Waals surface area (Å²) in [7, 11) is 1.77. The number of nitrogens with zero attached hydrogens (tertiary/aromatic N) is 2. The number of halogens is 1. The molecule has 6 nitrogen and oxygen atoms in total. The van der Waals surface area contributed by atoms with Crippen LogP contribution >= 0.6 is 24.0 Å². The fourth-order valence-electron chi connectivity index (χ4n) is 2.66. The second-order valence-electron chi connectivity index (χ2n) is 5.95. The molecule has 0 fully saturated rings. The molecule has 1 aromatic carbocycles. The van der Waals surface area contributed by atoms with Crippen molar-refractivity contribution >= 4 is 29.9 Å². The number of hydrogen-bond acceptors (Lipinski definition) is 4. The maximum atomic E-state index is 5.72. The van der Waals surface area contributed by atoms with Crippen molar-refractivity contribution in [2.24, 2.45) is 4.99 Å². The van der Waals surface area contributed by atoms with Crippen molar-refractivity contribution in [1.29, 1.82) is 0 Å². The molecule has 1 heterocycles. The highest BCUT2D eigenvalue weighted by Gasteiger charge is 2.09. The second-order valence-corrected chi connectivity index (χ2v) is 5.95. The summed E-state index contributed by atoms with van der Waals surface area (Å²) in [6.07, 6.45) is 0.844. The van der Waals surface area contributed by atoms with E-state index in [4.69, 9.17) is 9.26 Å². The molecule has 0 radical (unpaired) electrons. The van der Waals surface area contributed by atoms with E-state index in [1.54, 1.807) is 7.05 Å². The summed E-state index contributed by atoms with van der Waals surface area (Å²) in [5.74, 6) is 2.55. The van der Waals surface area contributed by atoms with E-state index in [1.807, 2.05) is 20.8 Å². The molecule has 7 heteroatoms. The normalized spacial score (nSPS) is 11.0. The maximum Gasteiger partial charge on any atom is 0.191 e. The lowest BCUT2D eigenvalue weighted by Crippen LogP contribution is -2.38. The van der Waals surface area contributed by atoms with Crippen LogP contribution in [0.3, 0.4) is 0 Å². The summed E-state index contributed by atoms with van der Waals surface area (Å²) in [4.78, 5) is 4.27. The largest absolute Gasteiger partial charge is 0.494 e. The number of nitrogens with one attached hydrogen (secondary N) is 2. The van der Waals surface area contributed by atoms with Gasteiger partial charge in [-0.15, -0.1) is 24.0 Å². The van der Waals surface area contributed by atoms with Gasteiger partial charge in [-0.1, -0.05) is 17.3 Å². The molecule has 0 bridgehead atoms. The molecule has 0 saturated heterocycles. The minimum Gasteiger partial charge on any atom is -0.494 e. The zero-order chi connectivity index (χ0) is 18.2. The SMILES string of the molecule is CCOc1cc(C)ccc1CNC(=NC)NCCc1c(C)noc1C.I. The number of aromatic nitrogens is 1. The standard InChI is InChI=1S/C19H28N4O2.HI/c1-6-24-18-11-13(2)7-8-16(18)12-22-19(20-5)21-10-9-17-14(3)23-25-15(17)4;/h7-8,11H,6,9-10,12H2,1-5H3,(H2,20,21,22);1H. The first-order chi connectivity index (χ1) is 12.0. The lowest BCUT2D eigenvalue weighted by Gasteiger charge is -2.15. The molecular formula is C19H29IN4O2. The highest BCUT2D eigenvalue weighted by molar-refractivity contribution is 14.0. The predicted molar refractivity (Wildman–Crippen MR) is 116 cm³/mol. The van der Waals surface area contributed by atoms with Crippen LogP contribution in [0.5, 0.6) is 5.75 Å². The summed E-state index contributed by atoms with van der Waals surface area (Å²) in [6.45, 7) is 10.0. The van der Waals surface area contributed by atoms with Gasteiger partial charge < -0.3 is 19.9 Å². The van der Waals surface area contributed by atoms with E-state index >= 15 is 0 Å². The Bertz CT molecular complexity index is 709. The molecule has 0 unspecified atom stereocenters. The van der Waals surface area contributed by atoms with Gasteiger partial charge in [0.05, 0.1) is 12.3 Å². The Morgan fingerprint density at radius 3 is 2.62 bits per heavy atom. The van der Waals surface area contributed by atoms with Gasteiger partial charge in [0.15, 0.2) is 5.96 Å². The third-order valence-corrected chi connectivity index (χ3v) is 4.04. The van der Waals surface area contributed by atoms with Gasteiger partial charge in [0.1, 0.15) is 11.5 Å². The molecule has 0 atom stereocenters. The van der Waals surface area contributed by atoms with Gasteiger partial charge in [0, 0.05) is 31.3 Å². The van der Waals surface area contributed by atoms with Crippen molar-refractivity contribution in [1.82, 2.24) is 15.8 Å². The number of guanidine groups is 1. The molecule has 144 valence electrons. The number of rotatable bonds is 7. The Hall–Kier alpha value is -1.77. The Labute approximate surface area is 172 Å². The van der Waals surface area contributed by atoms with Gasteiger partial charge >= 0.3 is 0 Å². The Morgan fingerprint density at radius 1 is 1.23 bits per heavy atom. The number of aryl methyl sites for hydroxylation is 3. The van der Waals surface area contributed by atoms with E-state index in [9.17, 15) is 0 Å². The molecule has 2 N–H and O–H groups in total. The molecule has 26 heavy (non-hydrogen) atoms. The zero-order valence-corrected chi connectivity index (χ0v) is 18.5. The van der Waals surface area contributed by atoms with Crippen molar-refractivity contribution in [3.8, 4) is 5.75 Å². The first-order valence-corrected chi connectivity index (χ1v) is 8.63. The van der Waals surface area contributed by atoms with Crippen molar-refractivity contribution in [2.75, 3.05) is 20.2 Å². The third-order valence-electron chi connectivity index (χ3n) is 4.04. The number of aliphatic imine (C=N–C) groups is 1. The molecule has 0 spiro atoms. The summed E-state index contributed by atoms with van der Waals surface area (Å²) < 4.78 is 10.9. The monoisotopic (exact) mass is 472 g/mol. The van der Waals surface area contributed by atoms with Gasteiger partial charge in [0.25, 0.3) is 0 Å². The molecule has 0 amide bonds. The minimum absolute atomic E-state index is 0. The highest BCUT2D eigenvalue weighted by Crippen LogP contribution is 2.20. The van der Waals surface area contributed by atoms with E-state index < -0.39 is 0 Å². The molecule has 0 saturated carbocycles. The summed E-state index contributed by atoms with van der Waals surface area (Å²) in [5, 5.41) is 10.6. The van der Waals surface area contributed by atoms with Crippen molar-refractivity contribution in [2.45, 2.75) is 40.7 Å². The van der Waals surface area contributed by atoms with Crippen LogP contribution in [0.1, 0.15) is 35.1 Å². The van der Waals surface area contributed by atoms with Crippen LogP contribution in [-0.2, 0) is 13.0 Å². The maximum absolute atomic E-state index is 5.72. The molecule has 0 aliphatic rings. The number of ether oxygens (including phenoxy) is 1. The average molecular weight is 472 g/mol. The van der Waals surface area contributed by atoms with E-state index in [0.29, 0.717) is 13.2 Å². The van der Waals surface area contributed by atoms with Gasteiger partial charge in [-0.25, -0.2) is 0 Å². The van der Waals surface area contributed by atoms with Crippen LogP contribution in [0.2, 0.25) is 0 Å². The van der Waals surface area contributed by atoms with E-state index in [1.165, 1.54) is 5.56 Å². The Morgan fingerprint density at radius 2 is 2.00 bits per heavy atom. The van der Waals surface area contributed by atoms with Crippen LogP contribution in [-0.4, -0.2) is 31.3 Å². The zero-order valence-electron chi connectivity index (χ0n) is 16.2. The van der Waals surface area contributed by atoms with Crippen LogP contribution < -0.4 is 15.4 Å². The molecule has 1 aromatic heterocycles. The van der Waals surface area contributed by atoms with Crippen molar-refractivity contribution in [3.05, 3.63) is 46.3 Å². The molecule has 0 aliphatic carbocycles. The topological polar surface area (TPSA) is 71.7 Å². The van der Waals surface area contributed by atoms with Crippen LogP contribution in [0.4, 0.5) is 0 Å². The van der Waals surface area contributed by atoms with Crippen LogP contribution in [0.25, 0.3) is 0 Å². The fourth-order valence-corrected chi connectivity index (χ4v) is 2.66. The molecular weight excluding hydrogens is 443 g/mol. The second kappa shape index (κ2) is 11.1. The van der Waals surface area contributed by atoms with Crippen LogP contribution in [0, 0.1) is 20.8 Å². The average Bonchev–Trinajstić information content (AvgIpc) is 2.91. The first-order valence-electron chi connectivity index (χ1n) is 8.63. The number of hydrogen-bond donors (Lipinski definition) is 2. The summed E-state index contributed by atoms with van der Waals surface area (Å²) in [5.41, 5.74) is 4.40. The Kier molecular flexibility index (Phi) is 9.47. The van der Waals surface area contributed by atoms with Gasteiger partial charge in [-0.3, -0.25) is 4.99 Å². The quantitative estimate of drug-likeness (QED) is 0.367. The fraction of sp³-hybridized carbons (Fsp3) is 0.474. The highest BCUT2D eigenvalue weighted by atomic mass is 127. The third kappa shape index (κ3) is 6.19. The number of benzene rings is 1.